The number of sulfonamides is 1. The van der Waals surface area contributed by atoms with Gasteiger partial charge in [0, 0.05) is 22.0 Å². The Morgan fingerprint density at radius 1 is 1.09 bits per heavy atom. The lowest BCUT2D eigenvalue weighted by Gasteiger charge is -2.24. The molecule has 1 aromatic heterocycles. The molecule has 0 spiro atoms. The number of benzene rings is 2. The van der Waals surface area contributed by atoms with E-state index in [1.807, 2.05) is 52.0 Å². The van der Waals surface area contributed by atoms with Gasteiger partial charge in [0.15, 0.2) is 0 Å². The summed E-state index contributed by atoms with van der Waals surface area (Å²) in [6, 6.07) is 11.3. The van der Waals surface area contributed by atoms with Crippen molar-refractivity contribution in [3.63, 3.8) is 0 Å². The first-order valence-corrected chi connectivity index (χ1v) is 14.2. The van der Waals surface area contributed by atoms with Crippen molar-refractivity contribution in [2.75, 3.05) is 11.2 Å². The molecular formula is C27H34ClN3O3S. The molecule has 0 unspecified atom stereocenters. The Hall–Kier alpha value is -2.35. The lowest BCUT2D eigenvalue weighted by Crippen LogP contribution is -2.40. The second kappa shape index (κ2) is 9.96. The molecule has 4 rings (SSSR count). The lowest BCUT2D eigenvalue weighted by atomic mass is 9.81. The number of rotatable bonds is 6. The number of hydrogen-bond acceptors (Lipinski definition) is 3. The summed E-state index contributed by atoms with van der Waals surface area (Å²) in [6.07, 6.45) is 5.74. The van der Waals surface area contributed by atoms with Crippen molar-refractivity contribution in [1.29, 1.82) is 0 Å². The summed E-state index contributed by atoms with van der Waals surface area (Å²) in [5, 5.41) is 3.96. The fraction of sp³-hybridized carbons (Fsp3) is 0.444. The zero-order valence-electron chi connectivity index (χ0n) is 20.8. The van der Waals surface area contributed by atoms with Crippen LogP contribution in [-0.2, 0) is 14.8 Å². The van der Waals surface area contributed by atoms with Crippen molar-refractivity contribution < 1.29 is 13.2 Å². The minimum atomic E-state index is -3.68. The van der Waals surface area contributed by atoms with Crippen LogP contribution in [0.25, 0.3) is 22.2 Å². The largest absolute Gasteiger partial charge is 0.354 e. The Bertz CT molecular complexity index is 1350. The summed E-state index contributed by atoms with van der Waals surface area (Å²) in [5.74, 6) is -0.0339. The Morgan fingerprint density at radius 3 is 2.46 bits per heavy atom. The number of nitrogens with one attached hydrogen (secondary N) is 3. The normalized spacial score (nSPS) is 15.5. The molecule has 1 fully saturated rings. The number of carbonyl (C=O) groups excluding carboxylic acids is 1. The van der Waals surface area contributed by atoms with Gasteiger partial charge in [-0.05, 0) is 75.8 Å². The number of carbonyl (C=O) groups is 1. The minimum absolute atomic E-state index is 0.127. The molecule has 0 atom stereocenters. The Kier molecular flexibility index (Phi) is 7.32. The molecule has 1 aliphatic carbocycles. The number of hydrogen-bond donors (Lipinski definition) is 3. The van der Waals surface area contributed by atoms with Crippen molar-refractivity contribution in [2.24, 2.45) is 0 Å². The molecule has 3 aromatic rings. The third-order valence-corrected chi connectivity index (χ3v) is 8.41. The van der Waals surface area contributed by atoms with Crippen LogP contribution in [0.5, 0.6) is 0 Å². The van der Waals surface area contributed by atoms with E-state index < -0.39 is 15.6 Å². The standard InChI is InChI=1S/C27H34ClN3O3S/c1-17-10-12-21(22(14-17)29-24(32)16-28)26-25(18-8-6-5-7-9-18)20-13-11-19(15-23(20)30-26)35(33,34)31-27(2,3)4/h10-15,18,30-31H,5-9,16H2,1-4H3,(H,29,32). The molecule has 35 heavy (non-hydrogen) atoms. The third-order valence-electron chi connectivity index (χ3n) is 6.41. The van der Waals surface area contributed by atoms with Gasteiger partial charge in [-0.2, -0.15) is 0 Å². The fourth-order valence-corrected chi connectivity index (χ4v) is 6.53. The van der Waals surface area contributed by atoms with Crippen LogP contribution in [-0.4, -0.2) is 30.7 Å². The van der Waals surface area contributed by atoms with Crippen molar-refractivity contribution in [3.05, 3.63) is 47.5 Å². The minimum Gasteiger partial charge on any atom is -0.354 e. The zero-order chi connectivity index (χ0) is 25.4. The van der Waals surface area contributed by atoms with Crippen LogP contribution in [0.4, 0.5) is 5.69 Å². The van der Waals surface area contributed by atoms with E-state index in [9.17, 15) is 13.2 Å². The highest BCUT2D eigenvalue weighted by Crippen LogP contribution is 2.44. The number of fused-ring (bicyclic) bond motifs is 1. The Labute approximate surface area is 212 Å². The molecule has 188 valence electrons. The smallest absolute Gasteiger partial charge is 0.241 e. The van der Waals surface area contributed by atoms with Crippen molar-refractivity contribution >= 4 is 44.1 Å². The maximum Gasteiger partial charge on any atom is 0.241 e. The van der Waals surface area contributed by atoms with Crippen molar-refractivity contribution in [1.82, 2.24) is 9.71 Å². The lowest BCUT2D eigenvalue weighted by molar-refractivity contribution is -0.113. The van der Waals surface area contributed by atoms with Gasteiger partial charge in [-0.25, -0.2) is 13.1 Å². The summed E-state index contributed by atoms with van der Waals surface area (Å²) in [4.78, 5) is 15.9. The van der Waals surface area contributed by atoms with Crippen molar-refractivity contribution in [2.45, 2.75) is 76.2 Å². The second-order valence-electron chi connectivity index (χ2n) is 10.5. The zero-order valence-corrected chi connectivity index (χ0v) is 22.4. The molecule has 1 aliphatic rings. The van der Waals surface area contributed by atoms with E-state index in [0.29, 0.717) is 11.6 Å². The van der Waals surface area contributed by atoms with E-state index in [1.54, 1.807) is 12.1 Å². The molecule has 6 nitrogen and oxygen atoms in total. The molecule has 1 amide bonds. The van der Waals surface area contributed by atoms with Crippen molar-refractivity contribution in [3.8, 4) is 11.3 Å². The average Bonchev–Trinajstić information content (AvgIpc) is 3.16. The van der Waals surface area contributed by atoms with Crippen LogP contribution in [0.15, 0.2) is 41.3 Å². The molecular weight excluding hydrogens is 482 g/mol. The molecule has 1 saturated carbocycles. The molecule has 3 N–H and O–H groups in total. The maximum atomic E-state index is 13.0. The van der Waals surface area contributed by atoms with Gasteiger partial charge >= 0.3 is 0 Å². The number of amides is 1. The molecule has 0 bridgehead atoms. The number of aromatic nitrogens is 1. The first-order valence-electron chi connectivity index (χ1n) is 12.1. The summed E-state index contributed by atoms with van der Waals surface area (Å²) in [7, 11) is -3.68. The number of halogens is 1. The Balaban J connectivity index is 1.91. The molecule has 8 heteroatoms. The highest BCUT2D eigenvalue weighted by atomic mass is 35.5. The molecule has 2 aromatic carbocycles. The predicted molar refractivity (Wildman–Crippen MR) is 144 cm³/mol. The first kappa shape index (κ1) is 25.7. The summed E-state index contributed by atoms with van der Waals surface area (Å²) >= 11 is 5.78. The topological polar surface area (TPSA) is 91.1 Å². The SMILES string of the molecule is Cc1ccc(-c2[nH]c3cc(S(=O)(=O)NC(C)(C)C)ccc3c2C2CCCCC2)c(NC(=O)CCl)c1. The highest BCUT2D eigenvalue weighted by molar-refractivity contribution is 7.89. The Morgan fingerprint density at radius 2 is 1.80 bits per heavy atom. The molecule has 1 heterocycles. The number of anilines is 1. The van der Waals surface area contributed by atoms with Crippen LogP contribution in [0.1, 0.15) is 69.9 Å². The van der Waals surface area contributed by atoms with E-state index >= 15 is 0 Å². The highest BCUT2D eigenvalue weighted by Gasteiger charge is 2.27. The van der Waals surface area contributed by atoms with E-state index in [1.165, 1.54) is 24.8 Å². The van der Waals surface area contributed by atoms with Gasteiger partial charge in [0.25, 0.3) is 0 Å². The number of aromatic amines is 1. The number of aryl methyl sites for hydroxylation is 1. The van der Waals surface area contributed by atoms with Crippen LogP contribution in [0, 0.1) is 6.92 Å². The summed E-state index contributed by atoms with van der Waals surface area (Å²) in [6.45, 7) is 7.45. The fourth-order valence-electron chi connectivity index (χ4n) is 5.02. The number of alkyl halides is 1. The molecule has 0 aliphatic heterocycles. The third kappa shape index (κ3) is 5.74. The molecule has 0 radical (unpaired) electrons. The van der Waals surface area contributed by atoms with Gasteiger partial charge < -0.3 is 10.3 Å². The summed E-state index contributed by atoms with van der Waals surface area (Å²) < 4.78 is 28.8. The van der Waals surface area contributed by atoms with Gasteiger partial charge in [0.1, 0.15) is 5.88 Å². The van der Waals surface area contributed by atoms with Gasteiger partial charge in [-0.3, -0.25) is 4.79 Å². The monoisotopic (exact) mass is 515 g/mol. The van der Waals surface area contributed by atoms with E-state index in [-0.39, 0.29) is 16.7 Å². The van der Waals surface area contributed by atoms with Crippen LogP contribution < -0.4 is 10.0 Å². The van der Waals surface area contributed by atoms with E-state index in [4.69, 9.17) is 11.6 Å². The predicted octanol–water partition coefficient (Wildman–Crippen LogP) is 6.45. The number of H-pyrrole nitrogens is 1. The second-order valence-corrected chi connectivity index (χ2v) is 12.5. The molecule has 0 saturated heterocycles. The summed E-state index contributed by atoms with van der Waals surface area (Å²) in [5.41, 5.74) is 4.90. The van der Waals surface area contributed by atoms with Gasteiger partial charge in [0.05, 0.1) is 16.3 Å². The quantitative estimate of drug-likeness (QED) is 0.329. The van der Waals surface area contributed by atoms with Gasteiger partial charge in [0.2, 0.25) is 15.9 Å². The van der Waals surface area contributed by atoms with Crippen LogP contribution >= 0.6 is 11.6 Å². The first-order chi connectivity index (χ1) is 16.5. The van der Waals surface area contributed by atoms with E-state index in [0.717, 1.165) is 40.6 Å². The van der Waals surface area contributed by atoms with E-state index in [2.05, 4.69) is 15.0 Å². The van der Waals surface area contributed by atoms with Gasteiger partial charge in [-0.1, -0.05) is 37.5 Å². The maximum absolute atomic E-state index is 13.0. The van der Waals surface area contributed by atoms with Crippen LogP contribution in [0.2, 0.25) is 0 Å². The van der Waals surface area contributed by atoms with Gasteiger partial charge in [-0.15, -0.1) is 11.6 Å². The van der Waals surface area contributed by atoms with Crippen LogP contribution in [0.3, 0.4) is 0 Å². The average molecular weight is 516 g/mol.